The normalized spacial score (nSPS) is 25.2. The first-order valence-electron chi connectivity index (χ1n) is 13.9. The molecular weight excluding hydrogens is 587 g/mol. The van der Waals surface area contributed by atoms with E-state index in [2.05, 4.69) is 10.5 Å². The van der Waals surface area contributed by atoms with E-state index >= 15 is 0 Å². The van der Waals surface area contributed by atoms with Crippen molar-refractivity contribution < 1.29 is 23.6 Å². The summed E-state index contributed by atoms with van der Waals surface area (Å²) in [5.41, 5.74) is 2.37. The summed E-state index contributed by atoms with van der Waals surface area (Å²) < 4.78 is 17.0. The second-order valence-corrected chi connectivity index (χ2v) is 12.9. The van der Waals surface area contributed by atoms with Gasteiger partial charge in [-0.1, -0.05) is 40.5 Å². The average Bonchev–Trinajstić information content (AvgIpc) is 3.73. The van der Waals surface area contributed by atoms with Gasteiger partial charge in [-0.15, -0.1) is 11.6 Å². The summed E-state index contributed by atoms with van der Waals surface area (Å²) in [6.07, 6.45) is 5.84. The first kappa shape index (κ1) is 28.5. The molecular formula is C31H31Cl3N2O5. The molecule has 1 N–H and O–H groups in total. The lowest BCUT2D eigenvalue weighted by Crippen LogP contribution is -2.55. The van der Waals surface area contributed by atoms with Crippen LogP contribution in [0.15, 0.2) is 47.0 Å². The van der Waals surface area contributed by atoms with E-state index in [-0.39, 0.29) is 16.7 Å². The molecule has 4 saturated carbocycles. The van der Waals surface area contributed by atoms with Gasteiger partial charge in [0.2, 0.25) is 5.91 Å². The highest BCUT2D eigenvalue weighted by Gasteiger charge is 2.57. The summed E-state index contributed by atoms with van der Waals surface area (Å²) in [6.45, 7) is 0.864. The number of aromatic nitrogens is 1. The van der Waals surface area contributed by atoms with Gasteiger partial charge >= 0.3 is 5.97 Å². The number of amides is 1. The zero-order valence-corrected chi connectivity index (χ0v) is 25.0. The molecule has 0 saturated heterocycles. The van der Waals surface area contributed by atoms with E-state index in [0.29, 0.717) is 70.9 Å². The van der Waals surface area contributed by atoms with Gasteiger partial charge in [0.05, 0.1) is 41.3 Å². The Morgan fingerprint density at radius 1 is 1.07 bits per heavy atom. The van der Waals surface area contributed by atoms with Crippen molar-refractivity contribution in [2.75, 3.05) is 19.0 Å². The van der Waals surface area contributed by atoms with Crippen LogP contribution in [0.1, 0.15) is 72.5 Å². The number of hydrogen-bond acceptors (Lipinski definition) is 6. The Kier molecular flexibility index (Phi) is 7.83. The van der Waals surface area contributed by atoms with Crippen LogP contribution in [0.2, 0.25) is 10.0 Å². The lowest BCUT2D eigenvalue weighted by Gasteiger charge is -2.54. The lowest BCUT2D eigenvalue weighted by atomic mass is 9.53. The zero-order valence-electron chi connectivity index (χ0n) is 22.7. The third-order valence-electron chi connectivity index (χ3n) is 9.03. The largest absolute Gasteiger partial charge is 0.465 e. The molecule has 4 aliphatic rings. The monoisotopic (exact) mass is 616 g/mol. The molecule has 3 aromatic rings. The molecule has 2 bridgehead atoms. The average molecular weight is 618 g/mol. The highest BCUT2D eigenvalue weighted by atomic mass is 35.5. The standard InChI is InChI=1S/C31H31Cl3N2O5/c1-39-28(37)19-4-2-5-20(14-19)35-29(38)31-12-10-30(11-13-31,15-24(31)34)17-40-16-21-26(36-41-27(21)18-8-9-18)25-22(32)6-3-7-23(25)33/h2-7,14,18,24H,8-13,15-17H2,1H3,(H,35,38)/t24-,30?,31?/m0/s1. The molecule has 7 nitrogen and oxygen atoms in total. The van der Waals surface area contributed by atoms with Gasteiger partial charge < -0.3 is 19.3 Å². The zero-order chi connectivity index (χ0) is 28.8. The molecule has 1 aromatic heterocycles. The fourth-order valence-electron chi connectivity index (χ4n) is 6.41. The van der Waals surface area contributed by atoms with Crippen molar-refractivity contribution in [3.05, 3.63) is 69.4 Å². The van der Waals surface area contributed by atoms with Gasteiger partial charge in [-0.2, -0.15) is 0 Å². The number of rotatable bonds is 9. The van der Waals surface area contributed by atoms with Crippen LogP contribution in [0.5, 0.6) is 0 Å². The van der Waals surface area contributed by atoms with E-state index in [4.69, 9.17) is 48.8 Å². The lowest BCUT2D eigenvalue weighted by molar-refractivity contribution is -0.137. The predicted octanol–water partition coefficient (Wildman–Crippen LogP) is 8.03. The van der Waals surface area contributed by atoms with Gasteiger partial charge in [0.15, 0.2) is 0 Å². The van der Waals surface area contributed by atoms with E-state index in [1.54, 1.807) is 42.5 Å². The number of hydrogen-bond donors (Lipinski definition) is 1. The van der Waals surface area contributed by atoms with Crippen LogP contribution < -0.4 is 5.32 Å². The van der Waals surface area contributed by atoms with Crippen molar-refractivity contribution in [3.8, 4) is 11.3 Å². The number of halogens is 3. The number of ether oxygens (including phenoxy) is 2. The molecule has 1 atom stereocenters. The number of benzene rings is 2. The van der Waals surface area contributed by atoms with E-state index in [0.717, 1.165) is 37.0 Å². The highest BCUT2D eigenvalue weighted by Crippen LogP contribution is 2.59. The van der Waals surface area contributed by atoms with Crippen LogP contribution in [-0.4, -0.2) is 36.1 Å². The van der Waals surface area contributed by atoms with E-state index < -0.39 is 11.4 Å². The van der Waals surface area contributed by atoms with Gasteiger partial charge in [0.1, 0.15) is 11.5 Å². The van der Waals surface area contributed by atoms with Crippen LogP contribution in [0.3, 0.4) is 0 Å². The molecule has 0 spiro atoms. The quantitative estimate of drug-likeness (QED) is 0.193. The van der Waals surface area contributed by atoms with Crippen molar-refractivity contribution in [1.82, 2.24) is 5.16 Å². The molecule has 0 unspecified atom stereocenters. The van der Waals surface area contributed by atoms with Gasteiger partial charge in [-0.3, -0.25) is 4.79 Å². The number of alkyl halides is 1. The minimum atomic E-state index is -0.661. The molecule has 4 fully saturated rings. The molecule has 216 valence electrons. The second kappa shape index (κ2) is 11.3. The number of fused-ring (bicyclic) bond motifs is 3. The van der Waals surface area contributed by atoms with E-state index in [1.807, 2.05) is 0 Å². The molecule has 0 aliphatic heterocycles. The van der Waals surface area contributed by atoms with Crippen LogP contribution in [-0.2, 0) is 20.9 Å². The van der Waals surface area contributed by atoms with Gasteiger partial charge in [-0.05, 0) is 80.7 Å². The van der Waals surface area contributed by atoms with Crippen molar-refractivity contribution >= 4 is 52.4 Å². The van der Waals surface area contributed by atoms with Crippen molar-refractivity contribution in [3.63, 3.8) is 0 Å². The molecule has 1 heterocycles. The minimum Gasteiger partial charge on any atom is -0.465 e. The molecule has 10 heteroatoms. The Hall–Kier alpha value is -2.58. The third kappa shape index (κ3) is 5.38. The van der Waals surface area contributed by atoms with Crippen LogP contribution >= 0.6 is 34.8 Å². The number of carbonyl (C=O) groups excluding carboxylic acids is 2. The first-order valence-corrected chi connectivity index (χ1v) is 15.1. The summed E-state index contributed by atoms with van der Waals surface area (Å²) in [6, 6.07) is 12.1. The third-order valence-corrected chi connectivity index (χ3v) is 10.2. The SMILES string of the molecule is COC(=O)c1cccc(NC(=O)C23CCC(COCc4c(-c5c(Cl)cccc5Cl)noc4C4CC4)(CC2)C[C@@H]3Cl)c1. The Bertz CT molecular complexity index is 1460. The van der Waals surface area contributed by atoms with Gasteiger partial charge in [0.25, 0.3) is 0 Å². The summed E-state index contributed by atoms with van der Waals surface area (Å²) in [7, 11) is 1.33. The fraction of sp³-hybridized carbons (Fsp3) is 0.452. The van der Waals surface area contributed by atoms with Crippen LogP contribution in [0, 0.1) is 10.8 Å². The van der Waals surface area contributed by atoms with Crippen LogP contribution in [0.25, 0.3) is 11.3 Å². The number of esters is 1. The smallest absolute Gasteiger partial charge is 0.337 e. The fourth-order valence-corrected chi connectivity index (χ4v) is 7.63. The van der Waals surface area contributed by atoms with Crippen LogP contribution in [0.4, 0.5) is 5.69 Å². The summed E-state index contributed by atoms with van der Waals surface area (Å²) in [4.78, 5) is 25.4. The molecule has 1 amide bonds. The second-order valence-electron chi connectivity index (χ2n) is 11.6. The highest BCUT2D eigenvalue weighted by molar-refractivity contribution is 6.39. The topological polar surface area (TPSA) is 90.7 Å². The summed E-state index contributed by atoms with van der Waals surface area (Å²) >= 11 is 20.0. The minimum absolute atomic E-state index is 0.0989. The number of anilines is 1. The molecule has 7 rings (SSSR count). The summed E-state index contributed by atoms with van der Waals surface area (Å²) in [5.74, 6) is 0.641. The predicted molar refractivity (Wildman–Crippen MR) is 158 cm³/mol. The molecule has 0 radical (unpaired) electrons. The van der Waals surface area contributed by atoms with Crippen molar-refractivity contribution in [2.45, 2.75) is 62.8 Å². The Morgan fingerprint density at radius 3 is 2.44 bits per heavy atom. The van der Waals surface area contributed by atoms with Crippen molar-refractivity contribution in [2.24, 2.45) is 10.8 Å². The number of nitrogens with zero attached hydrogens (tertiary/aromatic N) is 1. The number of carbonyl (C=O) groups is 2. The maximum absolute atomic E-state index is 13.5. The Balaban J connectivity index is 1.13. The first-order chi connectivity index (χ1) is 19.7. The van der Waals surface area contributed by atoms with E-state index in [9.17, 15) is 9.59 Å². The van der Waals surface area contributed by atoms with Gasteiger partial charge in [-0.25, -0.2) is 4.79 Å². The number of nitrogens with one attached hydrogen (secondary N) is 1. The van der Waals surface area contributed by atoms with Crippen molar-refractivity contribution in [1.29, 1.82) is 0 Å². The maximum Gasteiger partial charge on any atom is 0.337 e. The number of methoxy groups -OCH3 is 1. The maximum atomic E-state index is 13.5. The molecule has 2 aromatic carbocycles. The van der Waals surface area contributed by atoms with Gasteiger partial charge in [0, 0.05) is 28.1 Å². The Morgan fingerprint density at radius 2 is 1.78 bits per heavy atom. The van der Waals surface area contributed by atoms with E-state index in [1.165, 1.54) is 7.11 Å². The molecule has 4 aliphatic carbocycles. The Labute approximate surface area is 253 Å². The summed E-state index contributed by atoms with van der Waals surface area (Å²) in [5, 5.41) is 8.07. The molecule has 41 heavy (non-hydrogen) atoms.